The first-order chi connectivity index (χ1) is 16.0. The molecule has 1 heterocycles. The minimum absolute atomic E-state index is 0.0548. The average molecular weight is 480 g/mol. The minimum Gasteiger partial charge on any atom is -0.272 e. The second-order valence-electron chi connectivity index (χ2n) is 7.09. The van der Waals surface area contributed by atoms with Crippen LogP contribution in [0.25, 0.3) is 17.1 Å². The van der Waals surface area contributed by atoms with Crippen molar-refractivity contribution in [3.63, 3.8) is 0 Å². The lowest BCUT2D eigenvalue weighted by Gasteiger charge is -2.10. The zero-order valence-electron chi connectivity index (χ0n) is 17.6. The van der Waals surface area contributed by atoms with Gasteiger partial charge in [-0.15, -0.1) is 10.2 Å². The molecule has 0 spiro atoms. The average Bonchev–Trinajstić information content (AvgIpc) is 3.24. The highest BCUT2D eigenvalue weighted by Gasteiger charge is 2.17. The number of aryl methyl sites for hydroxylation is 1. The van der Waals surface area contributed by atoms with Gasteiger partial charge in [-0.1, -0.05) is 59.3 Å². The Morgan fingerprint density at radius 3 is 2.55 bits per heavy atom. The summed E-state index contributed by atoms with van der Waals surface area (Å²) in [5, 5.41) is 13.7. The summed E-state index contributed by atoms with van der Waals surface area (Å²) in [7, 11) is 0. The lowest BCUT2D eigenvalue weighted by atomic mass is 10.2. The van der Waals surface area contributed by atoms with Crippen molar-refractivity contribution in [3.8, 4) is 17.1 Å². The van der Waals surface area contributed by atoms with E-state index in [-0.39, 0.29) is 17.2 Å². The van der Waals surface area contributed by atoms with Gasteiger partial charge in [0.15, 0.2) is 11.0 Å². The Balaban J connectivity index is 1.52. The highest BCUT2D eigenvalue weighted by Crippen LogP contribution is 2.28. The molecular weight excluding hydrogens is 461 g/mol. The van der Waals surface area contributed by atoms with Crippen molar-refractivity contribution in [2.24, 2.45) is 5.10 Å². The summed E-state index contributed by atoms with van der Waals surface area (Å²) < 4.78 is 15.5. The van der Waals surface area contributed by atoms with Gasteiger partial charge in [0.2, 0.25) is 0 Å². The molecule has 0 aliphatic heterocycles. The summed E-state index contributed by atoms with van der Waals surface area (Å²) in [5.41, 5.74) is 5.54. The molecule has 0 aliphatic rings. The monoisotopic (exact) mass is 479 g/mol. The largest absolute Gasteiger partial charge is 0.272 e. The number of aromatic nitrogens is 3. The second-order valence-corrected chi connectivity index (χ2v) is 8.47. The first kappa shape index (κ1) is 22.7. The van der Waals surface area contributed by atoms with E-state index in [9.17, 15) is 9.18 Å². The number of halogens is 2. The van der Waals surface area contributed by atoms with Crippen LogP contribution in [-0.2, 0) is 4.79 Å². The van der Waals surface area contributed by atoms with Gasteiger partial charge in [0.05, 0.1) is 12.0 Å². The van der Waals surface area contributed by atoms with Gasteiger partial charge in [0, 0.05) is 21.8 Å². The fourth-order valence-electron chi connectivity index (χ4n) is 2.99. The Bertz CT molecular complexity index is 1290. The number of amides is 1. The predicted molar refractivity (Wildman–Crippen MR) is 129 cm³/mol. The van der Waals surface area contributed by atoms with Crippen molar-refractivity contribution in [2.75, 3.05) is 5.75 Å². The number of nitrogens with zero attached hydrogens (tertiary/aromatic N) is 4. The quantitative estimate of drug-likeness (QED) is 0.222. The van der Waals surface area contributed by atoms with Crippen molar-refractivity contribution in [1.82, 2.24) is 20.2 Å². The smallest absolute Gasteiger partial charge is 0.250 e. The number of hydrogen-bond donors (Lipinski definition) is 1. The summed E-state index contributed by atoms with van der Waals surface area (Å²) >= 11 is 7.25. The molecule has 0 unspecified atom stereocenters. The lowest BCUT2D eigenvalue weighted by Crippen LogP contribution is -2.20. The number of carbonyl (C=O) groups is 1. The van der Waals surface area contributed by atoms with Gasteiger partial charge in [0.1, 0.15) is 5.82 Å². The molecule has 0 saturated heterocycles. The molecule has 1 N–H and O–H groups in total. The maximum atomic E-state index is 13.6. The van der Waals surface area contributed by atoms with Gasteiger partial charge in [0.25, 0.3) is 5.91 Å². The molecule has 0 fully saturated rings. The van der Waals surface area contributed by atoms with Crippen LogP contribution >= 0.6 is 23.4 Å². The van der Waals surface area contributed by atoms with E-state index in [2.05, 4.69) is 20.7 Å². The van der Waals surface area contributed by atoms with Gasteiger partial charge in [-0.2, -0.15) is 5.10 Å². The lowest BCUT2D eigenvalue weighted by molar-refractivity contribution is -0.118. The van der Waals surface area contributed by atoms with Crippen LogP contribution in [0.1, 0.15) is 11.1 Å². The van der Waals surface area contributed by atoms with Crippen LogP contribution in [0.4, 0.5) is 4.39 Å². The Labute approximate surface area is 199 Å². The fourth-order valence-corrected chi connectivity index (χ4v) is 3.86. The first-order valence-corrected chi connectivity index (χ1v) is 11.4. The third-order valence-corrected chi connectivity index (χ3v) is 5.84. The molecule has 4 aromatic rings. The van der Waals surface area contributed by atoms with Gasteiger partial charge in [-0.05, 0) is 49.4 Å². The van der Waals surface area contributed by atoms with E-state index in [0.717, 1.165) is 16.8 Å². The minimum atomic E-state index is -0.411. The zero-order chi connectivity index (χ0) is 23.2. The van der Waals surface area contributed by atoms with E-state index in [1.165, 1.54) is 24.0 Å². The summed E-state index contributed by atoms with van der Waals surface area (Å²) in [6, 6.07) is 21.4. The van der Waals surface area contributed by atoms with Crippen LogP contribution in [-0.4, -0.2) is 32.6 Å². The predicted octanol–water partition coefficient (Wildman–Crippen LogP) is 5.28. The summed E-state index contributed by atoms with van der Waals surface area (Å²) in [6.45, 7) is 2.01. The third kappa shape index (κ3) is 5.66. The Morgan fingerprint density at radius 2 is 1.82 bits per heavy atom. The van der Waals surface area contributed by atoms with Crippen LogP contribution in [0.2, 0.25) is 5.02 Å². The van der Waals surface area contributed by atoms with E-state index in [1.807, 2.05) is 47.9 Å². The summed E-state index contributed by atoms with van der Waals surface area (Å²) in [4.78, 5) is 12.3. The summed E-state index contributed by atoms with van der Waals surface area (Å²) in [6.07, 6.45) is 1.27. The van der Waals surface area contributed by atoms with Gasteiger partial charge >= 0.3 is 0 Å². The summed E-state index contributed by atoms with van der Waals surface area (Å²) in [5.74, 6) is -0.0694. The normalized spacial score (nSPS) is 11.1. The van der Waals surface area contributed by atoms with Crippen LogP contribution in [0.15, 0.2) is 83.1 Å². The number of hydrazone groups is 1. The Hall–Kier alpha value is -3.49. The molecule has 0 saturated carbocycles. The van der Waals surface area contributed by atoms with Gasteiger partial charge < -0.3 is 0 Å². The van der Waals surface area contributed by atoms with Crippen molar-refractivity contribution in [1.29, 1.82) is 0 Å². The Kier molecular flexibility index (Phi) is 7.16. The van der Waals surface area contributed by atoms with E-state index < -0.39 is 5.82 Å². The van der Waals surface area contributed by atoms with Crippen LogP contribution < -0.4 is 5.43 Å². The number of benzene rings is 3. The zero-order valence-corrected chi connectivity index (χ0v) is 19.1. The molecule has 166 valence electrons. The molecule has 0 bridgehead atoms. The number of thioether (sulfide) groups is 1. The first-order valence-electron chi connectivity index (χ1n) is 9.99. The van der Waals surface area contributed by atoms with Crippen molar-refractivity contribution < 1.29 is 9.18 Å². The molecule has 6 nitrogen and oxygen atoms in total. The highest BCUT2D eigenvalue weighted by molar-refractivity contribution is 7.99. The van der Waals surface area contributed by atoms with Crippen LogP contribution in [0.5, 0.6) is 0 Å². The standard InChI is InChI=1S/C24H19ClFN5OS/c1-16-6-12-20(13-7-16)31-23(17-8-10-19(25)11-9-17)29-30-24(31)33-15-22(32)28-27-14-18-4-2-3-5-21(18)26/h2-14H,15H2,1H3,(H,28,32)/b27-14-. The number of rotatable bonds is 7. The van der Waals surface area contributed by atoms with Crippen LogP contribution in [0.3, 0.4) is 0 Å². The molecule has 1 amide bonds. The van der Waals surface area contributed by atoms with E-state index in [1.54, 1.807) is 30.3 Å². The second kappa shape index (κ2) is 10.4. The topological polar surface area (TPSA) is 72.2 Å². The molecule has 4 rings (SSSR count). The SMILES string of the molecule is Cc1ccc(-n2c(SCC(=O)N/N=C\c3ccccc3F)nnc2-c2ccc(Cl)cc2)cc1. The van der Waals surface area contributed by atoms with E-state index in [4.69, 9.17) is 11.6 Å². The fraction of sp³-hybridized carbons (Fsp3) is 0.0833. The van der Waals surface area contributed by atoms with E-state index >= 15 is 0 Å². The Morgan fingerprint density at radius 1 is 1.09 bits per heavy atom. The van der Waals surface area contributed by atoms with Gasteiger partial charge in [-0.3, -0.25) is 9.36 Å². The maximum absolute atomic E-state index is 13.6. The molecule has 1 aromatic heterocycles. The van der Waals surface area contributed by atoms with Gasteiger partial charge in [-0.25, -0.2) is 9.82 Å². The number of nitrogens with one attached hydrogen (secondary N) is 1. The molecule has 3 aromatic carbocycles. The molecular formula is C24H19ClFN5OS. The molecule has 0 atom stereocenters. The van der Waals surface area contributed by atoms with E-state index in [0.29, 0.717) is 16.0 Å². The molecule has 33 heavy (non-hydrogen) atoms. The third-order valence-electron chi connectivity index (χ3n) is 4.66. The maximum Gasteiger partial charge on any atom is 0.250 e. The van der Waals surface area contributed by atoms with Crippen LogP contribution in [0, 0.1) is 12.7 Å². The van der Waals surface area contributed by atoms with Crippen molar-refractivity contribution >= 4 is 35.5 Å². The van der Waals surface area contributed by atoms with Crippen molar-refractivity contribution in [2.45, 2.75) is 12.1 Å². The molecule has 0 aliphatic carbocycles. The number of hydrogen-bond acceptors (Lipinski definition) is 5. The van der Waals surface area contributed by atoms with Crippen molar-refractivity contribution in [3.05, 3.63) is 94.8 Å². The highest BCUT2D eigenvalue weighted by atomic mass is 35.5. The number of carbonyl (C=O) groups excluding carboxylic acids is 1. The molecule has 0 radical (unpaired) electrons. The molecule has 9 heteroatoms.